The minimum absolute atomic E-state index is 0.0871. The minimum atomic E-state index is 0.0871. The van der Waals surface area contributed by atoms with Crippen molar-refractivity contribution in [2.45, 2.75) is 44.7 Å². The van der Waals surface area contributed by atoms with Crippen molar-refractivity contribution in [2.75, 3.05) is 24.5 Å². The highest BCUT2D eigenvalue weighted by atomic mass is 16.2. The van der Waals surface area contributed by atoms with Crippen molar-refractivity contribution >= 4 is 11.9 Å². The maximum Gasteiger partial charge on any atom is 0.246 e. The van der Waals surface area contributed by atoms with Gasteiger partial charge in [0, 0.05) is 32.1 Å². The van der Waals surface area contributed by atoms with Crippen LogP contribution in [-0.2, 0) is 4.79 Å². The minimum Gasteiger partial charge on any atom is -0.340 e. The zero-order valence-electron chi connectivity index (χ0n) is 14.6. The molecule has 2 aromatic rings. The molecule has 1 atom stereocenters. The number of carbonyl (C=O) groups excluding carboxylic acids is 1. The summed E-state index contributed by atoms with van der Waals surface area (Å²) in [6.45, 7) is 4.81. The summed E-state index contributed by atoms with van der Waals surface area (Å²) < 4.78 is 1.90. The van der Waals surface area contributed by atoms with Crippen molar-refractivity contribution in [3.63, 3.8) is 0 Å². The number of piperidine rings is 1. The largest absolute Gasteiger partial charge is 0.340 e. The molecule has 2 fully saturated rings. The van der Waals surface area contributed by atoms with E-state index in [1.807, 2.05) is 22.9 Å². The summed E-state index contributed by atoms with van der Waals surface area (Å²) in [6, 6.07) is 10.7. The van der Waals surface area contributed by atoms with E-state index in [0.717, 1.165) is 44.8 Å². The molecule has 1 aromatic carbocycles. The first-order valence-corrected chi connectivity index (χ1v) is 9.11. The summed E-state index contributed by atoms with van der Waals surface area (Å²) in [4.78, 5) is 16.3. The summed E-state index contributed by atoms with van der Waals surface area (Å²) in [6.07, 6.45) is 3.69. The molecule has 0 bridgehead atoms. The molecule has 0 aliphatic carbocycles. The standard InChI is InChI=1S/C18H24N6O/c1-14(15-6-3-2-4-7-15)24-18(19-20-21-24)22-12-9-16(10-13-22)23-11-5-8-17(23)25/h2-4,6-7,14,16H,5,8-13H2,1H3. The molecule has 7 heteroatoms. The van der Waals surface area contributed by atoms with Crippen LogP contribution in [0.2, 0.25) is 0 Å². The molecule has 7 nitrogen and oxygen atoms in total. The molecule has 3 heterocycles. The van der Waals surface area contributed by atoms with Crippen LogP contribution in [0.1, 0.15) is 44.2 Å². The second-order valence-corrected chi connectivity index (χ2v) is 6.92. The number of nitrogens with zero attached hydrogens (tertiary/aromatic N) is 6. The van der Waals surface area contributed by atoms with Crippen molar-refractivity contribution < 1.29 is 4.79 Å². The van der Waals surface area contributed by atoms with E-state index in [2.05, 4.69) is 44.4 Å². The fourth-order valence-corrected chi connectivity index (χ4v) is 3.95. The highest BCUT2D eigenvalue weighted by molar-refractivity contribution is 5.78. The fourth-order valence-electron chi connectivity index (χ4n) is 3.95. The Bertz CT molecular complexity index is 722. The van der Waals surface area contributed by atoms with Gasteiger partial charge in [0.2, 0.25) is 11.9 Å². The van der Waals surface area contributed by atoms with Crippen LogP contribution in [0.5, 0.6) is 0 Å². The molecule has 0 N–H and O–H groups in total. The number of amides is 1. The molecule has 2 aliphatic rings. The van der Waals surface area contributed by atoms with Gasteiger partial charge in [0.25, 0.3) is 0 Å². The van der Waals surface area contributed by atoms with Gasteiger partial charge >= 0.3 is 0 Å². The topological polar surface area (TPSA) is 67.2 Å². The van der Waals surface area contributed by atoms with Crippen molar-refractivity contribution in [2.24, 2.45) is 0 Å². The van der Waals surface area contributed by atoms with E-state index in [4.69, 9.17) is 0 Å². The SMILES string of the molecule is CC(c1ccccc1)n1nnnc1N1CCC(N2CCCC2=O)CC1. The Hall–Kier alpha value is -2.44. The highest BCUT2D eigenvalue weighted by Gasteiger charge is 2.32. The molecule has 2 aliphatic heterocycles. The van der Waals surface area contributed by atoms with E-state index < -0.39 is 0 Å². The van der Waals surface area contributed by atoms with Gasteiger partial charge in [-0.05, 0) is 42.2 Å². The first-order valence-electron chi connectivity index (χ1n) is 9.11. The lowest BCUT2D eigenvalue weighted by atomic mass is 10.0. The lowest BCUT2D eigenvalue weighted by Gasteiger charge is -2.37. The van der Waals surface area contributed by atoms with Crippen LogP contribution in [-0.4, -0.2) is 56.7 Å². The van der Waals surface area contributed by atoms with Crippen molar-refractivity contribution in [1.82, 2.24) is 25.1 Å². The molecule has 0 spiro atoms. The molecular weight excluding hydrogens is 316 g/mol. The second kappa shape index (κ2) is 6.82. The van der Waals surface area contributed by atoms with Gasteiger partial charge in [-0.1, -0.05) is 35.4 Å². The quantitative estimate of drug-likeness (QED) is 0.850. The predicted molar refractivity (Wildman–Crippen MR) is 94.3 cm³/mol. The number of likely N-dealkylation sites (tertiary alicyclic amines) is 1. The van der Waals surface area contributed by atoms with Gasteiger partial charge in [0.15, 0.2) is 0 Å². The van der Waals surface area contributed by atoms with E-state index in [0.29, 0.717) is 18.4 Å². The van der Waals surface area contributed by atoms with Gasteiger partial charge in [-0.3, -0.25) is 4.79 Å². The third-order valence-corrected chi connectivity index (χ3v) is 5.42. The van der Waals surface area contributed by atoms with Crippen LogP contribution in [0.15, 0.2) is 30.3 Å². The van der Waals surface area contributed by atoms with Gasteiger partial charge in [0.05, 0.1) is 6.04 Å². The first-order chi connectivity index (χ1) is 12.2. The number of anilines is 1. The molecule has 0 radical (unpaired) electrons. The third-order valence-electron chi connectivity index (χ3n) is 5.42. The number of hydrogen-bond acceptors (Lipinski definition) is 5. The Kier molecular flexibility index (Phi) is 4.38. The summed E-state index contributed by atoms with van der Waals surface area (Å²) in [5.74, 6) is 1.14. The van der Waals surface area contributed by atoms with Gasteiger partial charge < -0.3 is 9.80 Å². The summed E-state index contributed by atoms with van der Waals surface area (Å²) in [7, 11) is 0. The fraction of sp³-hybridized carbons (Fsp3) is 0.556. The van der Waals surface area contributed by atoms with Crippen LogP contribution in [0.4, 0.5) is 5.95 Å². The van der Waals surface area contributed by atoms with E-state index in [9.17, 15) is 4.79 Å². The summed E-state index contributed by atoms with van der Waals surface area (Å²) >= 11 is 0. The number of carbonyl (C=O) groups is 1. The smallest absolute Gasteiger partial charge is 0.246 e. The molecule has 1 unspecified atom stereocenters. The lowest BCUT2D eigenvalue weighted by Crippen LogP contribution is -2.46. The summed E-state index contributed by atoms with van der Waals surface area (Å²) in [5, 5.41) is 12.4. The molecule has 1 aromatic heterocycles. The monoisotopic (exact) mass is 340 g/mol. The molecule has 132 valence electrons. The number of tetrazole rings is 1. The number of hydrogen-bond donors (Lipinski definition) is 0. The molecular formula is C18H24N6O. The van der Waals surface area contributed by atoms with E-state index in [1.54, 1.807) is 0 Å². The van der Waals surface area contributed by atoms with Gasteiger partial charge in [-0.2, -0.15) is 0 Å². The van der Waals surface area contributed by atoms with Crippen LogP contribution < -0.4 is 4.90 Å². The average Bonchev–Trinajstić information content (AvgIpc) is 3.31. The highest BCUT2D eigenvalue weighted by Crippen LogP contribution is 2.26. The zero-order chi connectivity index (χ0) is 17.2. The molecule has 1 amide bonds. The normalized spacial score (nSPS) is 20.3. The molecule has 25 heavy (non-hydrogen) atoms. The Labute approximate surface area is 147 Å². The Morgan fingerprint density at radius 3 is 2.56 bits per heavy atom. The third kappa shape index (κ3) is 3.10. The van der Waals surface area contributed by atoms with E-state index in [-0.39, 0.29) is 6.04 Å². The number of aromatic nitrogens is 4. The Morgan fingerprint density at radius 1 is 1.12 bits per heavy atom. The zero-order valence-corrected chi connectivity index (χ0v) is 14.6. The Balaban J connectivity index is 1.46. The molecule has 2 saturated heterocycles. The van der Waals surface area contributed by atoms with Crippen LogP contribution >= 0.6 is 0 Å². The van der Waals surface area contributed by atoms with Gasteiger partial charge in [-0.25, -0.2) is 4.68 Å². The maximum atomic E-state index is 12.0. The van der Waals surface area contributed by atoms with Crippen molar-refractivity contribution in [3.8, 4) is 0 Å². The van der Waals surface area contributed by atoms with E-state index >= 15 is 0 Å². The number of rotatable bonds is 4. The number of benzene rings is 1. The predicted octanol–water partition coefficient (Wildman–Crippen LogP) is 1.87. The van der Waals surface area contributed by atoms with Crippen molar-refractivity contribution in [3.05, 3.63) is 35.9 Å². The van der Waals surface area contributed by atoms with Crippen LogP contribution in [0, 0.1) is 0 Å². The molecule has 0 saturated carbocycles. The molecule has 4 rings (SSSR count). The Morgan fingerprint density at radius 2 is 1.88 bits per heavy atom. The lowest BCUT2D eigenvalue weighted by molar-refractivity contribution is -0.130. The average molecular weight is 340 g/mol. The van der Waals surface area contributed by atoms with Crippen LogP contribution in [0.3, 0.4) is 0 Å². The van der Waals surface area contributed by atoms with Gasteiger partial charge in [-0.15, -0.1) is 0 Å². The summed E-state index contributed by atoms with van der Waals surface area (Å²) in [5.41, 5.74) is 1.19. The maximum absolute atomic E-state index is 12.0. The first kappa shape index (κ1) is 16.1. The van der Waals surface area contributed by atoms with E-state index in [1.165, 1.54) is 5.56 Å². The van der Waals surface area contributed by atoms with Crippen LogP contribution in [0.25, 0.3) is 0 Å². The second-order valence-electron chi connectivity index (χ2n) is 6.92. The van der Waals surface area contributed by atoms with Gasteiger partial charge in [0.1, 0.15) is 0 Å². The van der Waals surface area contributed by atoms with Crippen molar-refractivity contribution in [1.29, 1.82) is 0 Å².